The third kappa shape index (κ3) is 6.26. The number of hydrogen-bond acceptors (Lipinski definition) is 4. The lowest BCUT2D eigenvalue weighted by molar-refractivity contribution is 0.191. The van der Waals surface area contributed by atoms with Crippen LogP contribution in [0.25, 0.3) is 0 Å². The fourth-order valence-corrected chi connectivity index (χ4v) is 1.46. The highest BCUT2D eigenvalue weighted by atomic mass is 16.5. The molecule has 1 aromatic carbocycles. The summed E-state index contributed by atoms with van der Waals surface area (Å²) in [4.78, 5) is 0. The molecule has 4 nitrogen and oxygen atoms in total. The van der Waals surface area contributed by atoms with Crippen molar-refractivity contribution in [3.8, 4) is 5.75 Å². The maximum atomic E-state index is 9.04. The van der Waals surface area contributed by atoms with Crippen molar-refractivity contribution < 1.29 is 9.84 Å². The van der Waals surface area contributed by atoms with Gasteiger partial charge in [-0.1, -0.05) is 12.1 Å². The predicted molar refractivity (Wildman–Crippen MR) is 69.3 cm³/mol. The van der Waals surface area contributed by atoms with Gasteiger partial charge in [-0.2, -0.15) is 0 Å². The van der Waals surface area contributed by atoms with Crippen LogP contribution in [0.4, 0.5) is 0 Å². The summed E-state index contributed by atoms with van der Waals surface area (Å²) in [6, 6.07) is 8.02. The van der Waals surface area contributed by atoms with Crippen molar-refractivity contribution in [1.82, 2.24) is 10.6 Å². The summed E-state index contributed by atoms with van der Waals surface area (Å²) in [5.41, 5.74) is 1.24. The third-order valence-electron chi connectivity index (χ3n) is 2.41. The van der Waals surface area contributed by atoms with E-state index in [-0.39, 0.29) is 6.10 Å². The Morgan fingerprint density at radius 1 is 1.18 bits per heavy atom. The first-order valence-electron chi connectivity index (χ1n) is 5.95. The van der Waals surface area contributed by atoms with E-state index in [1.165, 1.54) is 5.56 Å². The Bertz CT molecular complexity index is 299. The van der Waals surface area contributed by atoms with Gasteiger partial charge in [0.15, 0.2) is 0 Å². The molecule has 3 N–H and O–H groups in total. The maximum absolute atomic E-state index is 9.04. The molecule has 0 aromatic heterocycles. The van der Waals surface area contributed by atoms with Gasteiger partial charge in [0.1, 0.15) is 5.75 Å². The molecule has 0 aliphatic carbocycles. The summed E-state index contributed by atoms with van der Waals surface area (Å²) in [5, 5.41) is 15.5. The van der Waals surface area contributed by atoms with Crippen molar-refractivity contribution in [2.45, 2.75) is 19.6 Å². The molecular weight excluding hydrogens is 216 g/mol. The van der Waals surface area contributed by atoms with Crippen LogP contribution in [-0.4, -0.2) is 38.0 Å². The Hall–Kier alpha value is -1.10. The van der Waals surface area contributed by atoms with Gasteiger partial charge >= 0.3 is 0 Å². The van der Waals surface area contributed by atoms with Crippen LogP contribution in [0.5, 0.6) is 5.75 Å². The minimum atomic E-state index is -0.281. The monoisotopic (exact) mass is 238 g/mol. The highest BCUT2D eigenvalue weighted by molar-refractivity contribution is 5.26. The van der Waals surface area contributed by atoms with Crippen LogP contribution in [-0.2, 0) is 6.54 Å². The van der Waals surface area contributed by atoms with E-state index < -0.39 is 0 Å². The van der Waals surface area contributed by atoms with E-state index in [0.29, 0.717) is 6.54 Å². The minimum absolute atomic E-state index is 0.281. The second kappa shape index (κ2) is 8.06. The van der Waals surface area contributed by atoms with Crippen LogP contribution < -0.4 is 15.4 Å². The number of aliphatic hydroxyl groups excluding tert-OH is 1. The molecule has 0 aliphatic heterocycles. The molecule has 17 heavy (non-hydrogen) atoms. The van der Waals surface area contributed by atoms with Crippen molar-refractivity contribution in [3.05, 3.63) is 29.8 Å². The molecule has 0 saturated carbocycles. The van der Waals surface area contributed by atoms with Gasteiger partial charge in [-0.3, -0.25) is 0 Å². The fourth-order valence-electron chi connectivity index (χ4n) is 1.46. The summed E-state index contributed by atoms with van der Waals surface area (Å²) < 4.78 is 5.10. The predicted octanol–water partition coefficient (Wildman–Crippen LogP) is 0.755. The first kappa shape index (κ1) is 14.0. The minimum Gasteiger partial charge on any atom is -0.497 e. The van der Waals surface area contributed by atoms with Crippen LogP contribution in [0.2, 0.25) is 0 Å². The second-order valence-electron chi connectivity index (χ2n) is 4.08. The molecule has 96 valence electrons. The Labute approximate surface area is 103 Å². The van der Waals surface area contributed by atoms with Crippen molar-refractivity contribution in [2.24, 2.45) is 0 Å². The number of nitrogens with one attached hydrogen (secondary N) is 2. The number of methoxy groups -OCH3 is 1. The highest BCUT2D eigenvalue weighted by Gasteiger charge is 1.95. The van der Waals surface area contributed by atoms with E-state index in [4.69, 9.17) is 9.84 Å². The van der Waals surface area contributed by atoms with Gasteiger partial charge < -0.3 is 20.5 Å². The number of rotatable bonds is 8. The van der Waals surface area contributed by atoms with E-state index in [0.717, 1.165) is 25.4 Å². The molecule has 1 rings (SSSR count). The summed E-state index contributed by atoms with van der Waals surface area (Å²) in [6.07, 6.45) is -0.281. The number of hydrogen-bond donors (Lipinski definition) is 3. The summed E-state index contributed by atoms with van der Waals surface area (Å²) >= 11 is 0. The molecule has 1 unspecified atom stereocenters. The molecule has 0 aliphatic rings. The zero-order valence-corrected chi connectivity index (χ0v) is 10.6. The Balaban J connectivity index is 2.09. The van der Waals surface area contributed by atoms with Gasteiger partial charge in [-0.25, -0.2) is 0 Å². The summed E-state index contributed by atoms with van der Waals surface area (Å²) in [5.74, 6) is 0.882. The highest BCUT2D eigenvalue weighted by Crippen LogP contribution is 2.10. The lowest BCUT2D eigenvalue weighted by atomic mass is 10.2. The third-order valence-corrected chi connectivity index (χ3v) is 2.41. The molecule has 4 heteroatoms. The van der Waals surface area contributed by atoms with Crippen molar-refractivity contribution in [3.63, 3.8) is 0 Å². The SMILES string of the molecule is COc1ccc(CNCCNCC(C)O)cc1. The smallest absolute Gasteiger partial charge is 0.118 e. The van der Waals surface area contributed by atoms with Gasteiger partial charge in [0.25, 0.3) is 0 Å². The van der Waals surface area contributed by atoms with Crippen LogP contribution in [0, 0.1) is 0 Å². The van der Waals surface area contributed by atoms with E-state index >= 15 is 0 Å². The topological polar surface area (TPSA) is 53.5 Å². The van der Waals surface area contributed by atoms with Crippen molar-refractivity contribution in [1.29, 1.82) is 0 Å². The Morgan fingerprint density at radius 2 is 1.82 bits per heavy atom. The molecule has 0 radical (unpaired) electrons. The molecule has 0 amide bonds. The van der Waals surface area contributed by atoms with Gasteiger partial charge in [0.05, 0.1) is 13.2 Å². The lowest BCUT2D eigenvalue weighted by Crippen LogP contribution is -2.31. The first-order chi connectivity index (χ1) is 8.22. The number of ether oxygens (including phenoxy) is 1. The van der Waals surface area contributed by atoms with Crippen LogP contribution >= 0.6 is 0 Å². The Morgan fingerprint density at radius 3 is 2.41 bits per heavy atom. The number of benzene rings is 1. The van der Waals surface area contributed by atoms with E-state index in [9.17, 15) is 0 Å². The molecule has 0 heterocycles. The molecule has 0 spiro atoms. The standard InChI is InChI=1S/C13H22N2O2/c1-11(16)9-14-7-8-15-10-12-3-5-13(17-2)6-4-12/h3-6,11,14-16H,7-10H2,1-2H3. The molecule has 1 atom stereocenters. The van der Waals surface area contributed by atoms with Crippen molar-refractivity contribution >= 4 is 0 Å². The maximum Gasteiger partial charge on any atom is 0.118 e. The van der Waals surface area contributed by atoms with Crippen LogP contribution in [0.3, 0.4) is 0 Å². The van der Waals surface area contributed by atoms with Gasteiger partial charge in [0.2, 0.25) is 0 Å². The van der Waals surface area contributed by atoms with Crippen LogP contribution in [0.15, 0.2) is 24.3 Å². The van der Waals surface area contributed by atoms with E-state index in [2.05, 4.69) is 22.8 Å². The lowest BCUT2D eigenvalue weighted by Gasteiger charge is -2.08. The zero-order chi connectivity index (χ0) is 12.5. The normalized spacial score (nSPS) is 12.4. The zero-order valence-electron chi connectivity index (χ0n) is 10.6. The van der Waals surface area contributed by atoms with Gasteiger partial charge in [-0.05, 0) is 24.6 Å². The average Bonchev–Trinajstić information content (AvgIpc) is 2.34. The Kier molecular flexibility index (Phi) is 6.62. The second-order valence-corrected chi connectivity index (χ2v) is 4.08. The molecule has 0 fully saturated rings. The fraction of sp³-hybridized carbons (Fsp3) is 0.538. The first-order valence-corrected chi connectivity index (χ1v) is 5.95. The number of aliphatic hydroxyl groups is 1. The largest absolute Gasteiger partial charge is 0.497 e. The molecule has 0 saturated heterocycles. The molecule has 1 aromatic rings. The quantitative estimate of drug-likeness (QED) is 0.585. The summed E-state index contributed by atoms with van der Waals surface area (Å²) in [6.45, 7) is 5.02. The molecular formula is C13H22N2O2. The average molecular weight is 238 g/mol. The van der Waals surface area contributed by atoms with Gasteiger partial charge in [-0.15, -0.1) is 0 Å². The van der Waals surface area contributed by atoms with E-state index in [1.807, 2.05) is 12.1 Å². The summed E-state index contributed by atoms with van der Waals surface area (Å²) in [7, 11) is 1.67. The molecule has 0 bridgehead atoms. The van der Waals surface area contributed by atoms with Gasteiger partial charge in [0, 0.05) is 26.2 Å². The van der Waals surface area contributed by atoms with E-state index in [1.54, 1.807) is 14.0 Å². The van der Waals surface area contributed by atoms with Crippen molar-refractivity contribution in [2.75, 3.05) is 26.7 Å². The van der Waals surface area contributed by atoms with Crippen LogP contribution in [0.1, 0.15) is 12.5 Å².